The van der Waals surface area contributed by atoms with Crippen LogP contribution in [0, 0.1) is 10.1 Å². The number of nitro groups is 1. The van der Waals surface area contributed by atoms with Gasteiger partial charge in [-0.2, -0.15) is 13.2 Å². The number of aliphatic hydroxyl groups excluding tert-OH is 1. The number of aliphatic hydroxyl groups is 1. The van der Waals surface area contributed by atoms with Crippen molar-refractivity contribution in [2.75, 3.05) is 4.90 Å². The van der Waals surface area contributed by atoms with E-state index < -0.39 is 40.2 Å². The topological polar surface area (TPSA) is 101 Å². The van der Waals surface area contributed by atoms with Crippen LogP contribution < -0.4 is 4.90 Å². The van der Waals surface area contributed by atoms with Crippen molar-refractivity contribution in [1.29, 1.82) is 0 Å². The Labute approximate surface area is 200 Å². The predicted molar refractivity (Wildman–Crippen MR) is 121 cm³/mol. The van der Waals surface area contributed by atoms with Gasteiger partial charge in [0.15, 0.2) is 0 Å². The number of anilines is 1. The quantitative estimate of drug-likeness (QED) is 0.157. The molecule has 4 rings (SSSR count). The van der Waals surface area contributed by atoms with Crippen molar-refractivity contribution >= 4 is 40.4 Å². The van der Waals surface area contributed by atoms with Crippen molar-refractivity contribution < 1.29 is 32.8 Å². The van der Waals surface area contributed by atoms with Gasteiger partial charge >= 0.3 is 6.18 Å². The summed E-state index contributed by atoms with van der Waals surface area (Å²) in [6.07, 6.45) is -4.70. The number of benzene rings is 3. The van der Waals surface area contributed by atoms with E-state index in [4.69, 9.17) is 11.6 Å². The zero-order chi connectivity index (χ0) is 25.5. The molecule has 0 aromatic heterocycles. The molecule has 0 spiro atoms. The number of carbonyl (C=O) groups excluding carboxylic acids is 2. The van der Waals surface area contributed by atoms with Crippen LogP contribution in [0.4, 0.5) is 24.5 Å². The monoisotopic (exact) mass is 502 g/mol. The fourth-order valence-corrected chi connectivity index (χ4v) is 3.91. The average Bonchev–Trinajstić information content (AvgIpc) is 3.09. The van der Waals surface area contributed by atoms with E-state index in [0.717, 1.165) is 35.2 Å². The highest BCUT2D eigenvalue weighted by Gasteiger charge is 2.47. The fraction of sp³-hybridized carbons (Fsp3) is 0.0833. The Bertz CT molecular complexity index is 1370. The minimum atomic E-state index is -4.70. The summed E-state index contributed by atoms with van der Waals surface area (Å²) < 4.78 is 40.0. The molecule has 0 aliphatic carbocycles. The molecule has 1 saturated heterocycles. The largest absolute Gasteiger partial charge is 0.507 e. The Morgan fingerprint density at radius 3 is 2.20 bits per heavy atom. The lowest BCUT2D eigenvalue weighted by Crippen LogP contribution is -2.29. The van der Waals surface area contributed by atoms with Gasteiger partial charge in [0.1, 0.15) is 5.76 Å². The van der Waals surface area contributed by atoms with Gasteiger partial charge < -0.3 is 5.11 Å². The number of non-ortho nitro benzene ring substituents is 1. The van der Waals surface area contributed by atoms with E-state index in [-0.39, 0.29) is 22.5 Å². The summed E-state index contributed by atoms with van der Waals surface area (Å²) in [5.41, 5.74) is -1.57. The van der Waals surface area contributed by atoms with Crippen molar-refractivity contribution in [1.82, 2.24) is 0 Å². The van der Waals surface area contributed by atoms with Crippen LogP contribution >= 0.6 is 11.6 Å². The van der Waals surface area contributed by atoms with Gasteiger partial charge in [0, 0.05) is 28.4 Å². The second-order valence-corrected chi connectivity index (χ2v) is 8.01. The maximum absolute atomic E-state index is 13.3. The van der Waals surface area contributed by atoms with Crippen LogP contribution in [0.25, 0.3) is 5.76 Å². The van der Waals surface area contributed by atoms with E-state index in [0.29, 0.717) is 10.6 Å². The Balaban J connectivity index is 1.92. The number of carbonyl (C=O) groups is 2. The van der Waals surface area contributed by atoms with Crippen molar-refractivity contribution in [2.24, 2.45) is 0 Å². The molecule has 1 atom stereocenters. The number of halogens is 4. The van der Waals surface area contributed by atoms with E-state index in [1.165, 1.54) is 42.5 Å². The summed E-state index contributed by atoms with van der Waals surface area (Å²) in [5, 5.41) is 22.2. The molecule has 1 N–H and O–H groups in total. The van der Waals surface area contributed by atoms with Crippen LogP contribution in [0.2, 0.25) is 5.02 Å². The minimum Gasteiger partial charge on any atom is -0.507 e. The second-order valence-electron chi connectivity index (χ2n) is 7.57. The molecular weight excluding hydrogens is 489 g/mol. The van der Waals surface area contributed by atoms with E-state index in [1.54, 1.807) is 0 Å². The standard InChI is InChI=1S/C24H14ClF3N2O5/c25-16-8-4-13(5-9-16)20-19(21(31)14-6-10-17(11-7-14)30(34)35)22(32)23(33)29(20)18-3-1-2-15(12-18)24(26,27)28/h1-12,20,31H/t20-/m1/s1. The van der Waals surface area contributed by atoms with Crippen LogP contribution in [0.5, 0.6) is 0 Å². The number of hydrogen-bond donors (Lipinski definition) is 1. The van der Waals surface area contributed by atoms with Gasteiger partial charge in [0.25, 0.3) is 17.4 Å². The second kappa shape index (κ2) is 8.88. The van der Waals surface area contributed by atoms with Crippen LogP contribution in [-0.2, 0) is 15.8 Å². The number of Topliss-reactive ketones (excluding diaryl/α,β-unsaturated/α-hetero) is 1. The fourth-order valence-electron chi connectivity index (χ4n) is 3.79. The number of nitro benzene ring substituents is 1. The van der Waals surface area contributed by atoms with E-state index in [1.807, 2.05) is 0 Å². The third kappa shape index (κ3) is 4.47. The van der Waals surface area contributed by atoms with Crippen LogP contribution in [0.1, 0.15) is 22.7 Å². The molecule has 3 aromatic rings. The van der Waals surface area contributed by atoms with Crippen molar-refractivity contribution in [3.63, 3.8) is 0 Å². The number of alkyl halides is 3. The first-order valence-corrected chi connectivity index (χ1v) is 10.4. The Hall–Kier alpha value is -4.18. The average molecular weight is 503 g/mol. The van der Waals surface area contributed by atoms with Gasteiger partial charge in [0.2, 0.25) is 0 Å². The zero-order valence-electron chi connectivity index (χ0n) is 17.5. The first kappa shape index (κ1) is 24.0. The van der Waals surface area contributed by atoms with Gasteiger partial charge in [-0.1, -0.05) is 29.8 Å². The summed E-state index contributed by atoms with van der Waals surface area (Å²) in [7, 11) is 0. The number of rotatable bonds is 4. The van der Waals surface area contributed by atoms with Crippen molar-refractivity contribution in [3.05, 3.63) is 110 Å². The third-order valence-electron chi connectivity index (χ3n) is 5.43. The Kier molecular flexibility index (Phi) is 6.08. The molecule has 0 saturated carbocycles. The first-order chi connectivity index (χ1) is 16.5. The summed E-state index contributed by atoms with van der Waals surface area (Å²) in [5.74, 6) is -2.90. The van der Waals surface area contributed by atoms with Crippen molar-refractivity contribution in [2.45, 2.75) is 12.2 Å². The summed E-state index contributed by atoms with van der Waals surface area (Å²) in [6.45, 7) is 0. The molecule has 1 aliphatic heterocycles. The molecule has 3 aromatic carbocycles. The number of amides is 1. The molecule has 35 heavy (non-hydrogen) atoms. The summed E-state index contributed by atoms with van der Waals surface area (Å²) in [4.78, 5) is 37.2. The van der Waals surface area contributed by atoms with Gasteiger partial charge in [-0.25, -0.2) is 0 Å². The molecule has 7 nitrogen and oxygen atoms in total. The molecule has 11 heteroatoms. The zero-order valence-corrected chi connectivity index (χ0v) is 18.2. The van der Waals surface area contributed by atoms with E-state index in [2.05, 4.69) is 0 Å². The predicted octanol–water partition coefficient (Wildman–Crippen LogP) is 5.89. The molecule has 1 heterocycles. The first-order valence-electron chi connectivity index (χ1n) is 9.97. The highest BCUT2D eigenvalue weighted by molar-refractivity contribution is 6.51. The number of hydrogen-bond acceptors (Lipinski definition) is 5. The molecule has 1 aliphatic rings. The van der Waals surface area contributed by atoms with Crippen LogP contribution in [-0.4, -0.2) is 21.7 Å². The van der Waals surface area contributed by atoms with Crippen molar-refractivity contribution in [3.8, 4) is 0 Å². The molecule has 1 amide bonds. The van der Waals surface area contributed by atoms with Gasteiger partial charge in [-0.05, 0) is 48.0 Å². The lowest BCUT2D eigenvalue weighted by Gasteiger charge is -2.26. The molecular formula is C24H14ClF3N2O5. The molecule has 1 fully saturated rings. The van der Waals surface area contributed by atoms with E-state index in [9.17, 15) is 38.0 Å². The summed E-state index contributed by atoms with van der Waals surface area (Å²) >= 11 is 5.95. The number of nitrogens with zero attached hydrogens (tertiary/aromatic N) is 2. The minimum absolute atomic E-state index is 0.0107. The smallest absolute Gasteiger partial charge is 0.416 e. The lowest BCUT2D eigenvalue weighted by molar-refractivity contribution is -0.384. The van der Waals surface area contributed by atoms with Crippen LogP contribution in [0.15, 0.2) is 78.4 Å². The highest BCUT2D eigenvalue weighted by Crippen LogP contribution is 2.43. The molecule has 0 radical (unpaired) electrons. The highest BCUT2D eigenvalue weighted by atomic mass is 35.5. The van der Waals surface area contributed by atoms with Gasteiger partial charge in [-0.15, -0.1) is 0 Å². The summed E-state index contributed by atoms with van der Waals surface area (Å²) in [6, 6.07) is 13.1. The number of ketones is 1. The molecule has 178 valence electrons. The Morgan fingerprint density at radius 1 is 1.00 bits per heavy atom. The SMILES string of the molecule is O=C1C(=O)N(c2cccc(C(F)(F)F)c2)[C@H](c2ccc(Cl)cc2)C1=C(O)c1ccc([N+](=O)[O-])cc1. The maximum Gasteiger partial charge on any atom is 0.416 e. The van der Waals surface area contributed by atoms with Crippen LogP contribution in [0.3, 0.4) is 0 Å². The third-order valence-corrected chi connectivity index (χ3v) is 5.69. The van der Waals surface area contributed by atoms with E-state index >= 15 is 0 Å². The molecule has 0 bridgehead atoms. The Morgan fingerprint density at radius 2 is 1.63 bits per heavy atom. The maximum atomic E-state index is 13.3. The normalized spacial score (nSPS) is 17.6. The van der Waals surface area contributed by atoms with Gasteiger partial charge in [0.05, 0.1) is 22.1 Å². The molecule has 0 unspecified atom stereocenters. The lowest BCUT2D eigenvalue weighted by atomic mass is 9.95. The van der Waals surface area contributed by atoms with Gasteiger partial charge in [-0.3, -0.25) is 24.6 Å².